The summed E-state index contributed by atoms with van der Waals surface area (Å²) in [5.41, 5.74) is 5.77. The monoisotopic (exact) mass is 236 g/mol. The number of anilines is 1. The molecule has 0 saturated carbocycles. The summed E-state index contributed by atoms with van der Waals surface area (Å²) >= 11 is 0. The third-order valence-electron chi connectivity index (χ3n) is 2.85. The molecule has 0 aromatic carbocycles. The molecule has 2 heterocycles. The summed E-state index contributed by atoms with van der Waals surface area (Å²) in [5.74, 6) is 0.211. The first-order valence-corrected chi connectivity index (χ1v) is 5.68. The summed E-state index contributed by atoms with van der Waals surface area (Å²) in [5, 5.41) is 0. The number of amides is 1. The third-order valence-corrected chi connectivity index (χ3v) is 2.85. The van der Waals surface area contributed by atoms with E-state index < -0.39 is 0 Å². The fraction of sp³-hybridized carbons (Fsp3) is 0.545. The van der Waals surface area contributed by atoms with Crippen LogP contribution in [0.5, 0.6) is 0 Å². The van der Waals surface area contributed by atoms with Crippen molar-refractivity contribution in [3.05, 3.63) is 18.1 Å². The molecular formula is C11H16N4O2. The van der Waals surface area contributed by atoms with Gasteiger partial charge >= 0.3 is 0 Å². The summed E-state index contributed by atoms with van der Waals surface area (Å²) in [6.45, 7) is 3.80. The molecule has 0 bridgehead atoms. The summed E-state index contributed by atoms with van der Waals surface area (Å²) in [6.07, 6.45) is 3.68. The molecule has 1 unspecified atom stereocenters. The molecule has 1 amide bonds. The molecule has 6 heteroatoms. The Morgan fingerprint density at radius 2 is 2.41 bits per heavy atom. The number of aromatic nitrogens is 2. The van der Waals surface area contributed by atoms with Crippen LogP contribution in [0, 0.1) is 0 Å². The van der Waals surface area contributed by atoms with Crippen LogP contribution in [0.15, 0.2) is 12.4 Å². The van der Waals surface area contributed by atoms with Gasteiger partial charge in [0.05, 0.1) is 31.6 Å². The summed E-state index contributed by atoms with van der Waals surface area (Å²) in [6, 6.07) is 0.121. The van der Waals surface area contributed by atoms with E-state index in [2.05, 4.69) is 9.97 Å². The molecule has 0 spiro atoms. The summed E-state index contributed by atoms with van der Waals surface area (Å²) < 4.78 is 5.36. The molecule has 1 atom stereocenters. The number of carbonyl (C=O) groups is 1. The highest BCUT2D eigenvalue weighted by molar-refractivity contribution is 5.92. The maximum atomic E-state index is 12.2. The van der Waals surface area contributed by atoms with E-state index in [1.807, 2.05) is 6.92 Å². The number of ether oxygens (including phenoxy) is 1. The minimum atomic E-state index is -0.104. The zero-order valence-electron chi connectivity index (χ0n) is 9.80. The van der Waals surface area contributed by atoms with Gasteiger partial charge in [0.25, 0.3) is 5.91 Å². The second kappa shape index (κ2) is 5.09. The van der Waals surface area contributed by atoms with Crippen LogP contribution in [-0.2, 0) is 4.74 Å². The standard InChI is InChI=1S/C11H16N4O2/c1-2-8-7-17-4-3-15(8)11(16)9-5-14-10(12)6-13-9/h5-6,8H,2-4,7H2,1H3,(H2,12,14). The van der Waals surface area contributed by atoms with Crippen LogP contribution in [-0.4, -0.2) is 46.6 Å². The molecule has 1 aromatic rings. The normalized spacial score (nSPS) is 20.3. The van der Waals surface area contributed by atoms with E-state index in [0.29, 0.717) is 31.3 Å². The van der Waals surface area contributed by atoms with Gasteiger partial charge in [0.2, 0.25) is 0 Å². The number of nitrogens with zero attached hydrogens (tertiary/aromatic N) is 3. The van der Waals surface area contributed by atoms with Crippen molar-refractivity contribution in [3.63, 3.8) is 0 Å². The Balaban J connectivity index is 2.15. The van der Waals surface area contributed by atoms with Gasteiger partial charge in [-0.3, -0.25) is 4.79 Å². The number of hydrogen-bond donors (Lipinski definition) is 1. The first-order chi connectivity index (χ1) is 8.22. The van der Waals surface area contributed by atoms with Gasteiger partial charge in [0.15, 0.2) is 0 Å². The highest BCUT2D eigenvalue weighted by atomic mass is 16.5. The Morgan fingerprint density at radius 1 is 1.59 bits per heavy atom. The first-order valence-electron chi connectivity index (χ1n) is 5.68. The van der Waals surface area contributed by atoms with Crippen molar-refractivity contribution >= 4 is 11.7 Å². The molecule has 1 aliphatic rings. The second-order valence-electron chi connectivity index (χ2n) is 3.96. The molecule has 0 aliphatic carbocycles. The van der Waals surface area contributed by atoms with Crippen molar-refractivity contribution in [3.8, 4) is 0 Å². The molecule has 2 rings (SSSR count). The van der Waals surface area contributed by atoms with E-state index in [0.717, 1.165) is 6.42 Å². The van der Waals surface area contributed by atoms with E-state index in [9.17, 15) is 4.79 Å². The predicted octanol–water partition coefficient (Wildman–Crippen LogP) is 0.310. The van der Waals surface area contributed by atoms with Crippen molar-refractivity contribution < 1.29 is 9.53 Å². The van der Waals surface area contributed by atoms with Crippen LogP contribution in [0.3, 0.4) is 0 Å². The van der Waals surface area contributed by atoms with Gasteiger partial charge in [0, 0.05) is 6.54 Å². The van der Waals surface area contributed by atoms with Crippen LogP contribution < -0.4 is 5.73 Å². The van der Waals surface area contributed by atoms with Crippen LogP contribution in [0.1, 0.15) is 23.8 Å². The zero-order valence-corrected chi connectivity index (χ0v) is 9.80. The number of hydrogen-bond acceptors (Lipinski definition) is 5. The quantitative estimate of drug-likeness (QED) is 0.799. The molecule has 6 nitrogen and oxygen atoms in total. The third kappa shape index (κ3) is 2.52. The molecular weight excluding hydrogens is 220 g/mol. The molecule has 1 aromatic heterocycles. The Bertz CT molecular complexity index is 393. The van der Waals surface area contributed by atoms with Gasteiger partial charge in [0.1, 0.15) is 11.5 Å². The number of carbonyl (C=O) groups excluding carboxylic acids is 1. The van der Waals surface area contributed by atoms with Crippen LogP contribution >= 0.6 is 0 Å². The molecule has 1 fully saturated rings. The van der Waals surface area contributed by atoms with Crippen LogP contribution in [0.25, 0.3) is 0 Å². The molecule has 1 saturated heterocycles. The van der Waals surface area contributed by atoms with Gasteiger partial charge in [-0.15, -0.1) is 0 Å². The molecule has 17 heavy (non-hydrogen) atoms. The Hall–Kier alpha value is -1.69. The van der Waals surface area contributed by atoms with E-state index in [1.165, 1.54) is 12.4 Å². The van der Waals surface area contributed by atoms with Gasteiger partial charge in [-0.2, -0.15) is 0 Å². The zero-order chi connectivity index (χ0) is 12.3. The van der Waals surface area contributed by atoms with E-state index >= 15 is 0 Å². The predicted molar refractivity (Wildman–Crippen MR) is 62.4 cm³/mol. The van der Waals surface area contributed by atoms with Crippen molar-refractivity contribution in [2.75, 3.05) is 25.5 Å². The largest absolute Gasteiger partial charge is 0.382 e. The van der Waals surface area contributed by atoms with Gasteiger partial charge in [-0.1, -0.05) is 6.92 Å². The fourth-order valence-corrected chi connectivity index (χ4v) is 1.86. The number of nitrogen functional groups attached to an aromatic ring is 1. The maximum absolute atomic E-state index is 12.2. The van der Waals surface area contributed by atoms with E-state index in [4.69, 9.17) is 10.5 Å². The molecule has 92 valence electrons. The molecule has 1 aliphatic heterocycles. The highest BCUT2D eigenvalue weighted by Gasteiger charge is 2.27. The van der Waals surface area contributed by atoms with Gasteiger partial charge in [-0.05, 0) is 6.42 Å². The summed E-state index contributed by atoms with van der Waals surface area (Å²) in [4.78, 5) is 21.9. The van der Waals surface area contributed by atoms with Crippen LogP contribution in [0.4, 0.5) is 5.82 Å². The lowest BCUT2D eigenvalue weighted by Crippen LogP contribution is -2.48. The minimum absolute atomic E-state index is 0.104. The fourth-order valence-electron chi connectivity index (χ4n) is 1.86. The molecule has 2 N–H and O–H groups in total. The lowest BCUT2D eigenvalue weighted by molar-refractivity contribution is -0.00312. The SMILES string of the molecule is CCC1COCCN1C(=O)c1cnc(N)cn1. The van der Waals surface area contributed by atoms with Crippen molar-refractivity contribution in [1.82, 2.24) is 14.9 Å². The highest BCUT2D eigenvalue weighted by Crippen LogP contribution is 2.13. The number of nitrogens with two attached hydrogens (primary N) is 1. The topological polar surface area (TPSA) is 81.3 Å². The summed E-state index contributed by atoms with van der Waals surface area (Å²) in [7, 11) is 0. The van der Waals surface area contributed by atoms with E-state index in [1.54, 1.807) is 4.90 Å². The maximum Gasteiger partial charge on any atom is 0.274 e. The van der Waals surface area contributed by atoms with Gasteiger partial charge in [-0.25, -0.2) is 9.97 Å². The van der Waals surface area contributed by atoms with Crippen molar-refractivity contribution in [2.24, 2.45) is 0 Å². The van der Waals surface area contributed by atoms with Crippen molar-refractivity contribution in [2.45, 2.75) is 19.4 Å². The number of morpholine rings is 1. The lowest BCUT2D eigenvalue weighted by atomic mass is 10.1. The molecule has 0 radical (unpaired) electrons. The average Bonchev–Trinajstić information content (AvgIpc) is 2.39. The lowest BCUT2D eigenvalue weighted by Gasteiger charge is -2.34. The first kappa shape index (κ1) is 11.8. The minimum Gasteiger partial charge on any atom is -0.382 e. The number of rotatable bonds is 2. The second-order valence-corrected chi connectivity index (χ2v) is 3.96. The smallest absolute Gasteiger partial charge is 0.274 e. The Morgan fingerprint density at radius 3 is 3.06 bits per heavy atom. The van der Waals surface area contributed by atoms with E-state index in [-0.39, 0.29) is 11.9 Å². The van der Waals surface area contributed by atoms with Crippen LogP contribution in [0.2, 0.25) is 0 Å². The van der Waals surface area contributed by atoms with Gasteiger partial charge < -0.3 is 15.4 Å². The van der Waals surface area contributed by atoms with Crippen molar-refractivity contribution in [1.29, 1.82) is 0 Å². The Kier molecular flexibility index (Phi) is 3.53. The average molecular weight is 236 g/mol. The Labute approximate surface area is 99.8 Å².